The van der Waals surface area contributed by atoms with Crippen molar-refractivity contribution in [3.8, 4) is 0 Å². The van der Waals surface area contributed by atoms with Gasteiger partial charge in [0.2, 0.25) is 10.0 Å². The van der Waals surface area contributed by atoms with Crippen LogP contribution in [0.15, 0.2) is 29.2 Å². The van der Waals surface area contributed by atoms with E-state index in [1.807, 2.05) is 0 Å². The van der Waals surface area contributed by atoms with Crippen molar-refractivity contribution in [2.75, 3.05) is 13.1 Å². The maximum absolute atomic E-state index is 13.0. The quantitative estimate of drug-likeness (QED) is 0.787. The molecule has 0 radical (unpaired) electrons. The van der Waals surface area contributed by atoms with Crippen molar-refractivity contribution in [2.24, 2.45) is 0 Å². The van der Waals surface area contributed by atoms with Crippen LogP contribution in [0.5, 0.6) is 0 Å². The van der Waals surface area contributed by atoms with E-state index in [0.717, 1.165) is 4.68 Å². The van der Waals surface area contributed by atoms with Gasteiger partial charge in [-0.2, -0.15) is 9.40 Å². The van der Waals surface area contributed by atoms with E-state index >= 15 is 0 Å². The fourth-order valence-corrected chi connectivity index (χ4v) is 4.60. The molecule has 0 fully saturated rings. The van der Waals surface area contributed by atoms with E-state index in [1.165, 1.54) is 28.6 Å². The molecule has 1 aromatic carbocycles. The van der Waals surface area contributed by atoms with Crippen LogP contribution >= 0.6 is 0 Å². The van der Waals surface area contributed by atoms with Crippen LogP contribution in [0.3, 0.4) is 0 Å². The summed E-state index contributed by atoms with van der Waals surface area (Å²) >= 11 is 0. The van der Waals surface area contributed by atoms with Crippen molar-refractivity contribution in [2.45, 2.75) is 39.0 Å². The van der Waals surface area contributed by atoms with Crippen LogP contribution in [0.25, 0.3) is 0 Å². The number of aromatic nitrogens is 2. The van der Waals surface area contributed by atoms with Gasteiger partial charge in [-0.15, -0.1) is 0 Å². The van der Waals surface area contributed by atoms with Crippen molar-refractivity contribution >= 4 is 15.9 Å². The van der Waals surface area contributed by atoms with Crippen molar-refractivity contribution in [1.82, 2.24) is 14.1 Å². The fourth-order valence-electron chi connectivity index (χ4n) is 2.79. The lowest BCUT2D eigenvalue weighted by atomic mass is 10.1. The molecule has 0 saturated heterocycles. The number of rotatable bonds is 6. The van der Waals surface area contributed by atoms with E-state index < -0.39 is 10.0 Å². The number of nitrogens with zero attached hydrogens (tertiary/aromatic N) is 3. The van der Waals surface area contributed by atoms with Crippen LogP contribution in [-0.2, 0) is 16.4 Å². The molecule has 0 aliphatic heterocycles. The molecule has 8 heteroatoms. The van der Waals surface area contributed by atoms with Crippen molar-refractivity contribution < 1.29 is 17.6 Å². The van der Waals surface area contributed by atoms with Gasteiger partial charge in [0.15, 0.2) is 0 Å². The first-order valence-corrected chi connectivity index (χ1v) is 9.50. The lowest BCUT2D eigenvalue weighted by molar-refractivity contribution is 0.0895. The maximum atomic E-state index is 13.0. The van der Waals surface area contributed by atoms with E-state index in [-0.39, 0.29) is 34.4 Å². The minimum absolute atomic E-state index is 0.00694. The van der Waals surface area contributed by atoms with E-state index in [1.54, 1.807) is 27.7 Å². The zero-order chi connectivity index (χ0) is 18.8. The highest BCUT2D eigenvalue weighted by Gasteiger charge is 2.30. The minimum atomic E-state index is -3.71. The summed E-state index contributed by atoms with van der Waals surface area (Å²) in [4.78, 5) is 12.6. The van der Waals surface area contributed by atoms with Crippen LogP contribution in [0.1, 0.15) is 35.6 Å². The standard InChI is InChI=1S/C17H22FN3O3S/c1-5-20(6-2)25(23,24)17-12(3)19-21(13(17)4)16(22)11-14-7-9-15(18)10-8-14/h7-10H,5-6,11H2,1-4H3. The van der Waals surface area contributed by atoms with Crippen LogP contribution in [0.4, 0.5) is 4.39 Å². The van der Waals surface area contributed by atoms with Gasteiger partial charge in [0.05, 0.1) is 17.8 Å². The van der Waals surface area contributed by atoms with Crippen molar-refractivity contribution in [1.29, 1.82) is 0 Å². The molecule has 2 aromatic rings. The molecule has 0 N–H and O–H groups in total. The smallest absolute Gasteiger partial charge is 0.251 e. The van der Waals surface area contributed by atoms with Crippen LogP contribution < -0.4 is 0 Å². The third kappa shape index (κ3) is 3.80. The second kappa shape index (κ2) is 7.45. The molecular weight excluding hydrogens is 345 g/mol. The van der Waals surface area contributed by atoms with E-state index in [9.17, 15) is 17.6 Å². The van der Waals surface area contributed by atoms with Gasteiger partial charge in [-0.1, -0.05) is 26.0 Å². The Morgan fingerprint density at radius 3 is 2.24 bits per heavy atom. The first-order chi connectivity index (χ1) is 11.7. The molecule has 0 atom stereocenters. The summed E-state index contributed by atoms with van der Waals surface area (Å²) in [6.07, 6.45) is 0.00694. The molecule has 6 nitrogen and oxygen atoms in total. The lowest BCUT2D eigenvalue weighted by Crippen LogP contribution is -2.31. The summed E-state index contributed by atoms with van der Waals surface area (Å²) in [6, 6.07) is 5.60. The second-order valence-corrected chi connectivity index (χ2v) is 7.57. The number of carbonyl (C=O) groups is 1. The third-order valence-corrected chi connectivity index (χ3v) is 6.34. The van der Waals surface area contributed by atoms with Gasteiger partial charge in [-0.05, 0) is 31.5 Å². The predicted octanol–water partition coefficient (Wildman–Crippen LogP) is 2.55. The number of hydrogen-bond acceptors (Lipinski definition) is 4. The summed E-state index contributed by atoms with van der Waals surface area (Å²) in [6.45, 7) is 7.34. The zero-order valence-corrected chi connectivity index (χ0v) is 15.6. The largest absolute Gasteiger partial charge is 0.272 e. The first kappa shape index (κ1) is 19.3. The number of sulfonamides is 1. The Morgan fingerprint density at radius 1 is 1.16 bits per heavy atom. The molecular formula is C17H22FN3O3S. The molecule has 0 aliphatic rings. The van der Waals surface area contributed by atoms with Gasteiger partial charge >= 0.3 is 0 Å². The maximum Gasteiger partial charge on any atom is 0.251 e. The molecule has 0 amide bonds. The molecule has 1 aromatic heterocycles. The summed E-state index contributed by atoms with van der Waals surface area (Å²) in [5.74, 6) is -0.747. The van der Waals surface area contributed by atoms with Gasteiger partial charge in [-0.3, -0.25) is 4.79 Å². The van der Waals surface area contributed by atoms with Crippen LogP contribution in [-0.4, -0.2) is 41.5 Å². The predicted molar refractivity (Wildman–Crippen MR) is 92.5 cm³/mol. The van der Waals surface area contributed by atoms with Gasteiger partial charge < -0.3 is 0 Å². The number of carbonyl (C=O) groups excluding carboxylic acids is 1. The topological polar surface area (TPSA) is 72.3 Å². The normalized spacial score (nSPS) is 11.9. The Kier molecular flexibility index (Phi) is 5.74. The third-order valence-electron chi connectivity index (χ3n) is 4.03. The number of halogens is 1. The summed E-state index contributed by atoms with van der Waals surface area (Å²) in [5.41, 5.74) is 1.21. The molecule has 0 bridgehead atoms. The Hall–Kier alpha value is -2.06. The Morgan fingerprint density at radius 2 is 1.72 bits per heavy atom. The molecule has 2 rings (SSSR count). The second-order valence-electron chi connectivity index (χ2n) is 5.70. The van der Waals surface area contributed by atoms with Crippen LogP contribution in [0, 0.1) is 19.7 Å². The molecule has 1 heterocycles. The molecule has 0 spiro atoms. The number of benzene rings is 1. The zero-order valence-electron chi connectivity index (χ0n) is 14.8. The van der Waals surface area contributed by atoms with E-state index in [2.05, 4.69) is 5.10 Å². The van der Waals surface area contributed by atoms with E-state index in [4.69, 9.17) is 0 Å². The first-order valence-electron chi connectivity index (χ1n) is 8.06. The summed E-state index contributed by atoms with van der Waals surface area (Å²) < 4.78 is 41.0. The Labute approximate surface area is 147 Å². The van der Waals surface area contributed by atoms with Crippen LogP contribution in [0.2, 0.25) is 0 Å². The SMILES string of the molecule is CCN(CC)S(=O)(=O)c1c(C)nn(C(=O)Cc2ccc(F)cc2)c1C. The summed E-state index contributed by atoms with van der Waals surface area (Å²) in [7, 11) is -3.71. The average molecular weight is 367 g/mol. The molecule has 0 unspecified atom stereocenters. The average Bonchev–Trinajstić information content (AvgIpc) is 2.86. The highest BCUT2D eigenvalue weighted by Crippen LogP contribution is 2.23. The molecule has 0 aliphatic carbocycles. The Balaban J connectivity index is 2.38. The monoisotopic (exact) mass is 367 g/mol. The summed E-state index contributed by atoms with van der Waals surface area (Å²) in [5, 5.41) is 4.13. The van der Waals surface area contributed by atoms with Gasteiger partial charge in [0.1, 0.15) is 10.7 Å². The van der Waals surface area contributed by atoms with Crippen molar-refractivity contribution in [3.63, 3.8) is 0 Å². The molecule has 0 saturated carbocycles. The molecule has 136 valence electrons. The van der Waals surface area contributed by atoms with Gasteiger partial charge in [0.25, 0.3) is 5.91 Å². The fraction of sp³-hybridized carbons (Fsp3) is 0.412. The lowest BCUT2D eigenvalue weighted by Gasteiger charge is -2.18. The Bertz CT molecular complexity index is 869. The minimum Gasteiger partial charge on any atom is -0.272 e. The number of hydrogen-bond donors (Lipinski definition) is 0. The van der Waals surface area contributed by atoms with Crippen molar-refractivity contribution in [3.05, 3.63) is 47.0 Å². The van der Waals surface area contributed by atoms with Gasteiger partial charge in [-0.25, -0.2) is 17.5 Å². The highest BCUT2D eigenvalue weighted by molar-refractivity contribution is 7.89. The van der Waals surface area contributed by atoms with E-state index in [0.29, 0.717) is 18.7 Å². The highest BCUT2D eigenvalue weighted by atomic mass is 32.2. The van der Waals surface area contributed by atoms with Gasteiger partial charge in [0, 0.05) is 13.1 Å². The number of aryl methyl sites for hydroxylation is 1. The molecule has 25 heavy (non-hydrogen) atoms.